The number of nitrogens with one attached hydrogen (secondary N) is 1. The predicted octanol–water partition coefficient (Wildman–Crippen LogP) is 6.12. The van der Waals surface area contributed by atoms with Crippen LogP contribution in [0.25, 0.3) is 0 Å². The van der Waals surface area contributed by atoms with Crippen LogP contribution >= 0.6 is 0 Å². The van der Waals surface area contributed by atoms with Crippen LogP contribution in [0.2, 0.25) is 0 Å². The molecule has 0 amide bonds. The number of hydrogen-bond donors (Lipinski definition) is 3. The van der Waals surface area contributed by atoms with Crippen molar-refractivity contribution in [3.05, 3.63) is 100 Å². The highest BCUT2D eigenvalue weighted by Gasteiger charge is 2.27. The molecule has 0 spiro atoms. The van der Waals surface area contributed by atoms with Crippen LogP contribution in [0.5, 0.6) is 40.2 Å². The number of ether oxygens (including phenoxy) is 4. The zero-order valence-electron chi connectivity index (χ0n) is 25.7. The van der Waals surface area contributed by atoms with Gasteiger partial charge in [-0.25, -0.2) is 0 Å². The standard InChI is InChI=1S/C36H40N2O6/c1-38-14-12-25-18-33(41-2)32(40)20-28(25)30(38)16-23-7-10-31(39)34(17-23)44-26-8-5-22(6-9-26)15-29-27-21-36(43-4)35(42-3)19-24(27)11-13-37-29/h5-10,17-21,29-30,37,39-40H,11-16H2,1-4H3/t29-,30-/m1/s1. The average molecular weight is 597 g/mol. The third-order valence-corrected chi connectivity index (χ3v) is 8.92. The Labute approximate surface area is 258 Å². The van der Waals surface area contributed by atoms with Gasteiger partial charge in [-0.2, -0.15) is 0 Å². The summed E-state index contributed by atoms with van der Waals surface area (Å²) in [5.74, 6) is 3.30. The lowest BCUT2D eigenvalue weighted by molar-refractivity contribution is 0.228. The van der Waals surface area contributed by atoms with Crippen LogP contribution in [-0.4, -0.2) is 56.6 Å². The van der Waals surface area contributed by atoms with E-state index in [0.29, 0.717) is 23.7 Å². The van der Waals surface area contributed by atoms with Gasteiger partial charge in [0.2, 0.25) is 0 Å². The fourth-order valence-corrected chi connectivity index (χ4v) is 6.47. The highest BCUT2D eigenvalue weighted by Crippen LogP contribution is 2.40. The minimum atomic E-state index is 0.0758. The molecule has 2 aliphatic rings. The predicted molar refractivity (Wildman–Crippen MR) is 170 cm³/mol. The molecule has 6 rings (SSSR count). The second-order valence-corrected chi connectivity index (χ2v) is 11.6. The molecule has 2 aliphatic heterocycles. The molecule has 0 saturated heterocycles. The van der Waals surface area contributed by atoms with Crippen LogP contribution < -0.4 is 24.3 Å². The Morgan fingerprint density at radius 3 is 2.14 bits per heavy atom. The molecule has 0 unspecified atom stereocenters. The highest BCUT2D eigenvalue weighted by molar-refractivity contribution is 5.51. The van der Waals surface area contributed by atoms with Gasteiger partial charge < -0.3 is 34.5 Å². The van der Waals surface area contributed by atoms with Crippen LogP contribution in [0.15, 0.2) is 66.7 Å². The Bertz CT molecular complexity index is 1640. The fraction of sp³-hybridized carbons (Fsp3) is 0.333. The van der Waals surface area contributed by atoms with Crippen molar-refractivity contribution in [1.29, 1.82) is 0 Å². The second-order valence-electron chi connectivity index (χ2n) is 11.6. The topological polar surface area (TPSA) is 92.7 Å². The Morgan fingerprint density at radius 1 is 0.705 bits per heavy atom. The maximum Gasteiger partial charge on any atom is 0.169 e. The number of methoxy groups -OCH3 is 3. The van der Waals surface area contributed by atoms with Gasteiger partial charge in [0.15, 0.2) is 34.5 Å². The van der Waals surface area contributed by atoms with Crippen LogP contribution in [0.3, 0.4) is 0 Å². The van der Waals surface area contributed by atoms with Crippen molar-refractivity contribution in [2.75, 3.05) is 41.5 Å². The van der Waals surface area contributed by atoms with E-state index < -0.39 is 0 Å². The molecule has 3 N–H and O–H groups in total. The molecule has 0 bridgehead atoms. The molecule has 0 aromatic heterocycles. The molecule has 230 valence electrons. The number of phenolic OH excluding ortho intramolecular Hbond substituents is 2. The van der Waals surface area contributed by atoms with Crippen LogP contribution in [0.4, 0.5) is 0 Å². The molecule has 2 heterocycles. The van der Waals surface area contributed by atoms with E-state index in [9.17, 15) is 10.2 Å². The first kappa shape index (κ1) is 29.7. The number of phenols is 2. The average Bonchev–Trinajstić information content (AvgIpc) is 3.04. The molecule has 4 aromatic rings. The summed E-state index contributed by atoms with van der Waals surface area (Å²) < 4.78 is 22.6. The molecule has 8 nitrogen and oxygen atoms in total. The van der Waals surface area contributed by atoms with Gasteiger partial charge in [0.25, 0.3) is 0 Å². The summed E-state index contributed by atoms with van der Waals surface area (Å²) in [5, 5.41) is 24.8. The van der Waals surface area contributed by atoms with Gasteiger partial charge in [-0.1, -0.05) is 18.2 Å². The SMILES string of the molecule is COc1cc2c(cc1O)[C@@H](Cc1ccc(O)c(Oc3ccc(C[C@H]4NCCc5cc(OC)c(OC)cc54)cc3)c1)N(C)CC2. The van der Waals surface area contributed by atoms with Crippen LogP contribution in [0.1, 0.15) is 45.5 Å². The lowest BCUT2D eigenvalue weighted by atomic mass is 9.88. The molecular formula is C36H40N2O6. The quantitative estimate of drug-likeness (QED) is 0.213. The lowest BCUT2D eigenvalue weighted by Gasteiger charge is -2.35. The van der Waals surface area contributed by atoms with Crippen molar-refractivity contribution < 1.29 is 29.2 Å². The maximum absolute atomic E-state index is 10.6. The van der Waals surface area contributed by atoms with Crippen molar-refractivity contribution in [3.63, 3.8) is 0 Å². The van der Waals surface area contributed by atoms with Crippen molar-refractivity contribution in [1.82, 2.24) is 10.2 Å². The second kappa shape index (κ2) is 12.7. The van der Waals surface area contributed by atoms with Crippen LogP contribution in [-0.2, 0) is 25.7 Å². The number of fused-ring (bicyclic) bond motifs is 2. The van der Waals surface area contributed by atoms with E-state index in [0.717, 1.165) is 55.0 Å². The summed E-state index contributed by atoms with van der Waals surface area (Å²) in [6.07, 6.45) is 3.37. The molecule has 0 aliphatic carbocycles. The summed E-state index contributed by atoms with van der Waals surface area (Å²) in [6.45, 7) is 1.81. The number of nitrogens with zero attached hydrogens (tertiary/aromatic N) is 1. The monoisotopic (exact) mass is 596 g/mol. The van der Waals surface area contributed by atoms with E-state index >= 15 is 0 Å². The first-order chi connectivity index (χ1) is 21.4. The van der Waals surface area contributed by atoms with Crippen LogP contribution in [0, 0.1) is 0 Å². The molecular weight excluding hydrogens is 556 g/mol. The normalized spacial score (nSPS) is 17.8. The maximum atomic E-state index is 10.6. The van der Waals surface area contributed by atoms with E-state index in [4.69, 9.17) is 18.9 Å². The van der Waals surface area contributed by atoms with Gasteiger partial charge in [-0.3, -0.25) is 4.90 Å². The molecule has 2 atom stereocenters. The Morgan fingerprint density at radius 2 is 1.39 bits per heavy atom. The fourth-order valence-electron chi connectivity index (χ4n) is 6.47. The van der Waals surface area contributed by atoms with Crippen molar-refractivity contribution in [2.24, 2.45) is 0 Å². The molecule has 0 saturated carbocycles. The molecule has 0 radical (unpaired) electrons. The van der Waals surface area contributed by atoms with Crippen molar-refractivity contribution in [3.8, 4) is 40.2 Å². The van der Waals surface area contributed by atoms with E-state index in [1.54, 1.807) is 27.4 Å². The zero-order valence-corrected chi connectivity index (χ0v) is 25.7. The Balaban J connectivity index is 1.16. The molecule has 0 fully saturated rings. The summed E-state index contributed by atoms with van der Waals surface area (Å²) in [5.41, 5.74) is 7.00. The molecule has 4 aromatic carbocycles. The van der Waals surface area contributed by atoms with Gasteiger partial charge in [-0.15, -0.1) is 0 Å². The summed E-state index contributed by atoms with van der Waals surface area (Å²) >= 11 is 0. The number of hydrogen-bond acceptors (Lipinski definition) is 8. The minimum absolute atomic E-state index is 0.0758. The van der Waals surface area contributed by atoms with E-state index in [1.807, 2.05) is 36.4 Å². The largest absolute Gasteiger partial charge is 0.504 e. The highest BCUT2D eigenvalue weighted by atomic mass is 16.5. The summed E-state index contributed by atoms with van der Waals surface area (Å²) in [7, 11) is 7.00. The Hall–Kier alpha value is -4.40. The summed E-state index contributed by atoms with van der Waals surface area (Å²) in [6, 6.07) is 21.7. The van der Waals surface area contributed by atoms with Gasteiger partial charge in [-0.05, 0) is 121 Å². The van der Waals surface area contributed by atoms with Crippen molar-refractivity contribution in [2.45, 2.75) is 37.8 Å². The smallest absolute Gasteiger partial charge is 0.169 e. The first-order valence-electron chi connectivity index (χ1n) is 15.0. The lowest BCUT2D eigenvalue weighted by Crippen LogP contribution is -2.33. The Kier molecular flexibility index (Phi) is 8.55. The third-order valence-electron chi connectivity index (χ3n) is 8.92. The van der Waals surface area contributed by atoms with Gasteiger partial charge in [0.05, 0.1) is 21.3 Å². The number of rotatable bonds is 9. The first-order valence-corrected chi connectivity index (χ1v) is 15.0. The minimum Gasteiger partial charge on any atom is -0.504 e. The number of benzene rings is 4. The molecule has 8 heteroatoms. The van der Waals surface area contributed by atoms with E-state index in [-0.39, 0.29) is 23.6 Å². The van der Waals surface area contributed by atoms with E-state index in [1.165, 1.54) is 22.3 Å². The van der Waals surface area contributed by atoms with Gasteiger partial charge in [0.1, 0.15) is 5.75 Å². The zero-order chi connectivity index (χ0) is 30.8. The van der Waals surface area contributed by atoms with E-state index in [2.05, 4.69) is 41.5 Å². The summed E-state index contributed by atoms with van der Waals surface area (Å²) in [4.78, 5) is 2.30. The number of aromatic hydroxyl groups is 2. The van der Waals surface area contributed by atoms with Gasteiger partial charge >= 0.3 is 0 Å². The molecule has 44 heavy (non-hydrogen) atoms. The van der Waals surface area contributed by atoms with Crippen molar-refractivity contribution >= 4 is 0 Å². The third kappa shape index (κ3) is 6.00. The van der Waals surface area contributed by atoms with Gasteiger partial charge in [0, 0.05) is 18.6 Å². The number of likely N-dealkylation sites (N-methyl/N-ethyl adjacent to an activating group) is 1.